The minimum absolute atomic E-state index is 0.230. The van der Waals surface area contributed by atoms with E-state index in [9.17, 15) is 12.2 Å². The Morgan fingerprint density at radius 1 is 0.741 bits per heavy atom. The number of hydrogen-bond acceptors (Lipinski definition) is 5. The van der Waals surface area contributed by atoms with Crippen LogP contribution in [-0.2, 0) is 29.6 Å². The number of rotatable bonds is 19. The summed E-state index contributed by atoms with van der Waals surface area (Å²) >= 11 is -4.80. The Hall–Kier alpha value is 0.0643. The van der Waals surface area contributed by atoms with Gasteiger partial charge in [0, 0.05) is 0 Å². The van der Waals surface area contributed by atoms with Crippen LogP contribution in [0.5, 0.6) is 0 Å². The van der Waals surface area contributed by atoms with Crippen molar-refractivity contribution in [2.45, 2.75) is 130 Å². The molecule has 0 atom stereocenters. The Bertz CT molecular complexity index is 347. The summed E-state index contributed by atoms with van der Waals surface area (Å²) in [6, 6.07) is 0. The van der Waals surface area contributed by atoms with Crippen molar-refractivity contribution in [1.29, 1.82) is 0 Å². The van der Waals surface area contributed by atoms with Gasteiger partial charge in [0.15, 0.2) is 0 Å². The average molecular weight is 424 g/mol. The molecular formula is C21H44O5Ti. The molecule has 0 aromatic heterocycles. The van der Waals surface area contributed by atoms with Gasteiger partial charge in [-0.15, -0.1) is 0 Å². The van der Waals surface area contributed by atoms with Crippen LogP contribution in [-0.4, -0.2) is 19.4 Å². The van der Waals surface area contributed by atoms with Crippen molar-refractivity contribution in [1.82, 2.24) is 0 Å². The molecule has 0 aliphatic carbocycles. The van der Waals surface area contributed by atoms with Gasteiger partial charge in [0.2, 0.25) is 0 Å². The third-order valence-corrected chi connectivity index (χ3v) is 6.61. The fourth-order valence-corrected chi connectivity index (χ4v) is 4.83. The number of hydrogen-bond donors (Lipinski definition) is 2. The van der Waals surface area contributed by atoms with Gasteiger partial charge in [-0.25, -0.2) is 0 Å². The first-order valence-electron chi connectivity index (χ1n) is 11.2. The van der Waals surface area contributed by atoms with E-state index < -0.39 is 24.1 Å². The summed E-state index contributed by atoms with van der Waals surface area (Å²) in [5.74, 6) is -0.560. The van der Waals surface area contributed by atoms with Crippen molar-refractivity contribution in [3.8, 4) is 0 Å². The van der Waals surface area contributed by atoms with Crippen molar-refractivity contribution in [3.63, 3.8) is 0 Å². The summed E-state index contributed by atoms with van der Waals surface area (Å²) in [6.45, 7) is 5.61. The van der Waals surface area contributed by atoms with E-state index >= 15 is 0 Å². The molecule has 0 radical (unpaired) electrons. The maximum atomic E-state index is 11.6. The summed E-state index contributed by atoms with van der Waals surface area (Å²) in [5, 5.41) is 0. The minimum atomic E-state index is -4.80. The summed E-state index contributed by atoms with van der Waals surface area (Å²) in [5.41, 5.74) is 0. The predicted octanol–water partition coefficient (Wildman–Crippen LogP) is 6.01. The van der Waals surface area contributed by atoms with Crippen molar-refractivity contribution < 1.29 is 36.9 Å². The third-order valence-electron chi connectivity index (χ3n) is 4.62. The van der Waals surface area contributed by atoms with Crippen LogP contribution >= 0.6 is 0 Å². The van der Waals surface area contributed by atoms with Crippen LogP contribution in [0.2, 0.25) is 0 Å². The Morgan fingerprint density at radius 2 is 1.11 bits per heavy atom. The van der Waals surface area contributed by atoms with E-state index in [2.05, 4.69) is 6.92 Å². The molecular weight excluding hydrogens is 380 g/mol. The normalized spacial score (nSPS) is 11.9. The Labute approximate surface area is 172 Å². The third kappa shape index (κ3) is 20.6. The van der Waals surface area contributed by atoms with Crippen molar-refractivity contribution in [2.75, 3.05) is 0 Å². The summed E-state index contributed by atoms with van der Waals surface area (Å²) in [6.07, 6.45) is 18.9. The maximum absolute atomic E-state index is 11.6. The Morgan fingerprint density at radius 3 is 1.48 bits per heavy atom. The molecule has 2 N–H and O–H groups in total. The molecule has 6 heteroatoms. The second-order valence-electron chi connectivity index (χ2n) is 7.89. The van der Waals surface area contributed by atoms with Crippen LogP contribution < -0.4 is 0 Å². The van der Waals surface area contributed by atoms with Gasteiger partial charge in [0.25, 0.3) is 0 Å². The van der Waals surface area contributed by atoms with Crippen LogP contribution in [0.3, 0.4) is 0 Å². The van der Waals surface area contributed by atoms with Gasteiger partial charge in [-0.3, -0.25) is 0 Å². The van der Waals surface area contributed by atoms with E-state index in [1.807, 2.05) is 0 Å². The zero-order valence-electron chi connectivity index (χ0n) is 18.0. The molecule has 0 heterocycles. The molecule has 0 bridgehead atoms. The SMILES string of the molecule is CCCCCCCCCCCCCCCCCC(=O)[O][Ti]([OH])([OH])[O]C(C)C. The van der Waals surface area contributed by atoms with Crippen LogP contribution in [0.15, 0.2) is 0 Å². The molecule has 0 amide bonds. The topological polar surface area (TPSA) is 76.0 Å². The summed E-state index contributed by atoms with van der Waals surface area (Å²) < 4.78 is 28.7. The van der Waals surface area contributed by atoms with E-state index in [1.165, 1.54) is 77.0 Å². The van der Waals surface area contributed by atoms with E-state index in [4.69, 9.17) is 6.64 Å². The Kier molecular flexibility index (Phi) is 18.2. The van der Waals surface area contributed by atoms with Gasteiger partial charge in [0.05, 0.1) is 0 Å². The van der Waals surface area contributed by atoms with E-state index in [1.54, 1.807) is 13.8 Å². The van der Waals surface area contributed by atoms with E-state index in [0.717, 1.165) is 19.3 Å². The van der Waals surface area contributed by atoms with Crippen LogP contribution in [0.1, 0.15) is 124 Å². The van der Waals surface area contributed by atoms with Crippen LogP contribution in [0, 0.1) is 0 Å². The number of carbonyl (C=O) groups excluding carboxylic acids is 1. The fourth-order valence-electron chi connectivity index (χ4n) is 3.17. The first-order valence-corrected chi connectivity index (χ1v) is 13.9. The molecule has 0 rings (SSSR count). The monoisotopic (exact) mass is 424 g/mol. The van der Waals surface area contributed by atoms with Gasteiger partial charge in [-0.1, -0.05) is 45.4 Å². The first-order chi connectivity index (χ1) is 12.9. The van der Waals surface area contributed by atoms with E-state index in [0.29, 0.717) is 0 Å². The van der Waals surface area contributed by atoms with Gasteiger partial charge in [0.1, 0.15) is 0 Å². The van der Waals surface area contributed by atoms with Crippen molar-refractivity contribution in [2.24, 2.45) is 0 Å². The van der Waals surface area contributed by atoms with Crippen LogP contribution in [0.4, 0.5) is 0 Å². The number of unbranched alkanes of at least 4 members (excludes halogenated alkanes) is 14. The molecule has 0 aromatic carbocycles. The van der Waals surface area contributed by atoms with Gasteiger partial charge >= 0.3 is 127 Å². The molecule has 0 aliphatic heterocycles. The molecule has 0 unspecified atom stereocenters. The molecule has 0 aromatic rings. The summed E-state index contributed by atoms with van der Waals surface area (Å²) in [7, 11) is 0. The molecule has 0 spiro atoms. The zero-order valence-corrected chi connectivity index (χ0v) is 19.6. The summed E-state index contributed by atoms with van der Waals surface area (Å²) in [4.78, 5) is 11.6. The fraction of sp³-hybridized carbons (Fsp3) is 0.952. The molecule has 0 saturated carbocycles. The van der Waals surface area contributed by atoms with E-state index in [-0.39, 0.29) is 12.5 Å². The van der Waals surface area contributed by atoms with Crippen LogP contribution in [0.25, 0.3) is 0 Å². The second-order valence-corrected chi connectivity index (χ2v) is 10.3. The number of carbonyl (C=O) groups is 1. The van der Waals surface area contributed by atoms with Gasteiger partial charge in [-0.2, -0.15) is 0 Å². The molecule has 162 valence electrons. The zero-order chi connectivity index (χ0) is 20.4. The molecule has 0 saturated heterocycles. The van der Waals surface area contributed by atoms with Gasteiger partial charge < -0.3 is 0 Å². The van der Waals surface area contributed by atoms with Gasteiger partial charge in [-0.05, 0) is 0 Å². The Balaban J connectivity index is 3.32. The average Bonchev–Trinajstić information content (AvgIpc) is 2.56. The molecule has 0 fully saturated rings. The standard InChI is InChI=1S/C18H36O2.C3H7O.2H2O.Ti/c1-2-3-4-5-6-7-8-9-10-11-12-13-14-15-16-17-18(19)20;1-3(2)4;;;/h2-17H2,1H3,(H,19,20);3H,1-2H3;2*1H2;/q;-1;;;+4/p-3. The molecule has 0 aliphatic rings. The van der Waals surface area contributed by atoms with Crippen molar-refractivity contribution >= 4 is 5.97 Å². The molecule has 5 nitrogen and oxygen atoms in total. The predicted molar refractivity (Wildman–Crippen MR) is 106 cm³/mol. The second kappa shape index (κ2) is 18.1. The van der Waals surface area contributed by atoms with Crippen molar-refractivity contribution in [3.05, 3.63) is 0 Å². The first kappa shape index (κ1) is 27.1. The quantitative estimate of drug-likeness (QED) is 0.196. The molecule has 27 heavy (non-hydrogen) atoms.